The summed E-state index contributed by atoms with van der Waals surface area (Å²) < 4.78 is 0. The van der Waals surface area contributed by atoms with Gasteiger partial charge in [0.15, 0.2) is 0 Å². The molecule has 4 heteroatoms. The van der Waals surface area contributed by atoms with Gasteiger partial charge in [-0.25, -0.2) is 0 Å². The Morgan fingerprint density at radius 1 is 0.800 bits per heavy atom. The van der Waals surface area contributed by atoms with E-state index in [1.807, 2.05) is 97.9 Å². The van der Waals surface area contributed by atoms with Gasteiger partial charge in [0.25, 0.3) is 0 Å². The molecule has 3 aromatic rings. The minimum Gasteiger partial charge on any atom is -0.354 e. The zero-order chi connectivity index (χ0) is 21.2. The lowest BCUT2D eigenvalue weighted by molar-refractivity contribution is -0.141. The zero-order valence-electron chi connectivity index (χ0n) is 17.3. The first-order chi connectivity index (χ1) is 14.7. The number of amides is 2. The maximum Gasteiger partial charge on any atom is 0.247 e. The van der Waals surface area contributed by atoms with E-state index in [1.54, 1.807) is 4.90 Å². The van der Waals surface area contributed by atoms with Crippen molar-refractivity contribution in [2.45, 2.75) is 32.4 Å². The maximum atomic E-state index is 13.3. The number of carbonyl (C=O) groups excluding carboxylic acids is 2. The summed E-state index contributed by atoms with van der Waals surface area (Å²) in [6.07, 6.45) is 1.09. The van der Waals surface area contributed by atoms with Crippen LogP contribution < -0.4 is 5.32 Å². The highest BCUT2D eigenvalue weighted by Gasteiger charge is 2.30. The molecule has 0 radical (unpaired) electrons. The topological polar surface area (TPSA) is 49.4 Å². The molecule has 3 aromatic carbocycles. The monoisotopic (exact) mass is 400 g/mol. The van der Waals surface area contributed by atoms with E-state index in [0.717, 1.165) is 17.5 Å². The van der Waals surface area contributed by atoms with Crippen LogP contribution in [0.2, 0.25) is 0 Å². The summed E-state index contributed by atoms with van der Waals surface area (Å²) in [6, 6.07) is 28.7. The van der Waals surface area contributed by atoms with Gasteiger partial charge in [-0.1, -0.05) is 97.9 Å². The molecule has 0 bridgehead atoms. The molecule has 0 heterocycles. The van der Waals surface area contributed by atoms with Gasteiger partial charge in [0, 0.05) is 19.5 Å². The average Bonchev–Trinajstić information content (AvgIpc) is 2.80. The Balaban J connectivity index is 1.82. The van der Waals surface area contributed by atoms with Gasteiger partial charge in [0.2, 0.25) is 11.8 Å². The molecule has 30 heavy (non-hydrogen) atoms. The summed E-state index contributed by atoms with van der Waals surface area (Å²) in [5, 5.41) is 3.04. The third kappa shape index (κ3) is 5.80. The van der Waals surface area contributed by atoms with Crippen molar-refractivity contribution in [1.82, 2.24) is 10.2 Å². The molecule has 0 spiro atoms. The predicted octanol–water partition coefficient (Wildman–Crippen LogP) is 4.53. The first kappa shape index (κ1) is 21.3. The van der Waals surface area contributed by atoms with E-state index in [4.69, 9.17) is 0 Å². The van der Waals surface area contributed by atoms with Crippen LogP contribution in [0, 0.1) is 0 Å². The molecule has 4 nitrogen and oxygen atoms in total. The van der Waals surface area contributed by atoms with Gasteiger partial charge in [-0.3, -0.25) is 9.59 Å². The minimum absolute atomic E-state index is 0.0501. The van der Waals surface area contributed by atoms with Crippen LogP contribution in [0.15, 0.2) is 91.0 Å². The van der Waals surface area contributed by atoms with Gasteiger partial charge in [-0.15, -0.1) is 0 Å². The maximum absolute atomic E-state index is 13.3. The van der Waals surface area contributed by atoms with Gasteiger partial charge in [-0.05, 0) is 23.1 Å². The van der Waals surface area contributed by atoms with Gasteiger partial charge in [-0.2, -0.15) is 0 Å². The number of hydrogen-bond acceptors (Lipinski definition) is 2. The molecule has 0 aliphatic carbocycles. The first-order valence-electron chi connectivity index (χ1n) is 10.4. The Kier molecular flexibility index (Phi) is 7.78. The summed E-state index contributed by atoms with van der Waals surface area (Å²) in [6.45, 7) is 2.74. The molecule has 154 valence electrons. The van der Waals surface area contributed by atoms with Gasteiger partial charge < -0.3 is 10.2 Å². The Bertz CT molecular complexity index is 927. The van der Waals surface area contributed by atoms with Crippen LogP contribution in [0.4, 0.5) is 0 Å². The fourth-order valence-corrected chi connectivity index (χ4v) is 3.49. The quantitative estimate of drug-likeness (QED) is 0.574. The van der Waals surface area contributed by atoms with Crippen LogP contribution in [0.5, 0.6) is 0 Å². The molecular weight excluding hydrogens is 372 g/mol. The summed E-state index contributed by atoms with van der Waals surface area (Å²) >= 11 is 0. The van der Waals surface area contributed by atoms with Gasteiger partial charge >= 0.3 is 0 Å². The number of hydrogen-bond donors (Lipinski definition) is 1. The van der Waals surface area contributed by atoms with Crippen molar-refractivity contribution in [3.63, 3.8) is 0 Å². The fraction of sp³-hybridized carbons (Fsp3) is 0.231. The normalized spacial score (nSPS) is 11.5. The number of nitrogens with zero attached hydrogens (tertiary/aromatic N) is 1. The third-order valence-electron chi connectivity index (χ3n) is 5.05. The van der Waals surface area contributed by atoms with Crippen LogP contribution in [-0.2, 0) is 22.6 Å². The molecule has 2 amide bonds. The second-order valence-electron chi connectivity index (χ2n) is 7.20. The van der Waals surface area contributed by atoms with E-state index < -0.39 is 6.04 Å². The average molecular weight is 401 g/mol. The van der Waals surface area contributed by atoms with Crippen molar-refractivity contribution in [3.05, 3.63) is 108 Å². The van der Waals surface area contributed by atoms with Crippen molar-refractivity contribution in [3.8, 4) is 0 Å². The van der Waals surface area contributed by atoms with Crippen molar-refractivity contribution >= 4 is 11.8 Å². The molecule has 0 saturated carbocycles. The summed E-state index contributed by atoms with van der Waals surface area (Å²) in [7, 11) is 0. The van der Waals surface area contributed by atoms with E-state index >= 15 is 0 Å². The Hall–Kier alpha value is -3.40. The highest BCUT2D eigenvalue weighted by atomic mass is 16.2. The van der Waals surface area contributed by atoms with Crippen LogP contribution in [0.3, 0.4) is 0 Å². The molecule has 0 aliphatic heterocycles. The summed E-state index contributed by atoms with van der Waals surface area (Å²) in [5.74, 6) is -0.208. The SMILES string of the molecule is CCC(=O)N(Cc1ccccc1)C(C(=O)NCCc1ccccc1)c1ccccc1. The van der Waals surface area contributed by atoms with Gasteiger partial charge in [0.05, 0.1) is 0 Å². The molecule has 0 fully saturated rings. The predicted molar refractivity (Wildman–Crippen MR) is 120 cm³/mol. The lowest BCUT2D eigenvalue weighted by atomic mass is 10.0. The van der Waals surface area contributed by atoms with Crippen molar-refractivity contribution in [1.29, 1.82) is 0 Å². The van der Waals surface area contributed by atoms with E-state index in [0.29, 0.717) is 19.5 Å². The van der Waals surface area contributed by atoms with Crippen molar-refractivity contribution in [2.24, 2.45) is 0 Å². The molecule has 0 aliphatic rings. The van der Waals surface area contributed by atoms with Crippen LogP contribution in [-0.4, -0.2) is 23.3 Å². The Morgan fingerprint density at radius 2 is 1.33 bits per heavy atom. The molecule has 1 N–H and O–H groups in total. The number of carbonyl (C=O) groups is 2. The van der Waals surface area contributed by atoms with Gasteiger partial charge in [0.1, 0.15) is 6.04 Å². The van der Waals surface area contributed by atoms with E-state index in [-0.39, 0.29) is 11.8 Å². The van der Waals surface area contributed by atoms with Crippen LogP contribution >= 0.6 is 0 Å². The second kappa shape index (κ2) is 11.0. The standard InChI is InChI=1S/C26H28N2O2/c1-2-24(29)28(20-22-14-8-4-9-15-22)25(23-16-10-5-11-17-23)26(30)27-19-18-21-12-6-3-7-13-21/h3-17,25H,2,18-20H2,1H3,(H,27,30). The smallest absolute Gasteiger partial charge is 0.247 e. The molecular formula is C26H28N2O2. The molecule has 1 unspecified atom stereocenters. The van der Waals surface area contributed by atoms with Crippen molar-refractivity contribution in [2.75, 3.05) is 6.54 Å². The van der Waals surface area contributed by atoms with Crippen LogP contribution in [0.1, 0.15) is 36.1 Å². The largest absolute Gasteiger partial charge is 0.354 e. The first-order valence-corrected chi connectivity index (χ1v) is 10.4. The Labute approximate surface area is 178 Å². The summed E-state index contributed by atoms with van der Waals surface area (Å²) in [4.78, 5) is 27.8. The third-order valence-corrected chi connectivity index (χ3v) is 5.05. The second-order valence-corrected chi connectivity index (χ2v) is 7.20. The summed E-state index contributed by atoms with van der Waals surface area (Å²) in [5.41, 5.74) is 2.98. The molecule has 0 aromatic heterocycles. The zero-order valence-corrected chi connectivity index (χ0v) is 17.3. The Morgan fingerprint density at radius 3 is 1.90 bits per heavy atom. The minimum atomic E-state index is -0.672. The van der Waals surface area contributed by atoms with Crippen LogP contribution in [0.25, 0.3) is 0 Å². The molecule has 1 atom stereocenters. The number of rotatable bonds is 9. The van der Waals surface area contributed by atoms with E-state index in [1.165, 1.54) is 5.56 Å². The lowest BCUT2D eigenvalue weighted by Crippen LogP contribution is -2.43. The van der Waals surface area contributed by atoms with E-state index in [9.17, 15) is 9.59 Å². The highest BCUT2D eigenvalue weighted by Crippen LogP contribution is 2.24. The number of benzene rings is 3. The lowest BCUT2D eigenvalue weighted by Gasteiger charge is -2.31. The molecule has 3 rings (SSSR count). The highest BCUT2D eigenvalue weighted by molar-refractivity contribution is 5.88. The van der Waals surface area contributed by atoms with E-state index in [2.05, 4.69) is 5.32 Å². The fourth-order valence-electron chi connectivity index (χ4n) is 3.49. The van der Waals surface area contributed by atoms with Crippen molar-refractivity contribution < 1.29 is 9.59 Å². The number of nitrogens with one attached hydrogen (secondary N) is 1. The molecule has 0 saturated heterocycles.